The number of halogens is 1. The van der Waals surface area contributed by atoms with E-state index in [9.17, 15) is 9.90 Å². The molecule has 9 nitrogen and oxygen atoms in total. The van der Waals surface area contributed by atoms with Crippen LogP contribution >= 0.6 is 0 Å². The largest absolute Gasteiger partial charge is 0.439 e. The lowest BCUT2D eigenvalue weighted by Gasteiger charge is -2.35. The average molecular weight is 492 g/mol. The van der Waals surface area contributed by atoms with Crippen molar-refractivity contribution in [2.24, 2.45) is 0 Å². The lowest BCUT2D eigenvalue weighted by molar-refractivity contribution is -0.121. The number of aromatic amines is 1. The van der Waals surface area contributed by atoms with Gasteiger partial charge in [0.05, 0.1) is 29.6 Å². The van der Waals surface area contributed by atoms with Gasteiger partial charge >= 0.3 is 0 Å². The smallest absolute Gasteiger partial charge is 0.252 e. The highest BCUT2D eigenvalue weighted by atomic mass is 19.1. The summed E-state index contributed by atoms with van der Waals surface area (Å²) in [7, 11) is 1.51. The van der Waals surface area contributed by atoms with Crippen LogP contribution in [0.25, 0.3) is 11.0 Å². The molecule has 0 radical (unpaired) electrons. The summed E-state index contributed by atoms with van der Waals surface area (Å²) < 4.78 is 26.2. The monoisotopic (exact) mass is 491 g/mol. The Morgan fingerprint density at radius 3 is 2.72 bits per heavy atom. The zero-order chi connectivity index (χ0) is 25.6. The van der Waals surface area contributed by atoms with Gasteiger partial charge in [0.15, 0.2) is 0 Å². The summed E-state index contributed by atoms with van der Waals surface area (Å²) >= 11 is 0. The van der Waals surface area contributed by atoms with Crippen molar-refractivity contribution in [3.05, 3.63) is 70.9 Å². The Balaban J connectivity index is 1.50. The van der Waals surface area contributed by atoms with E-state index in [0.29, 0.717) is 33.9 Å². The van der Waals surface area contributed by atoms with Crippen molar-refractivity contribution in [3.8, 4) is 11.6 Å². The number of nitrogens with zero attached hydrogens (tertiary/aromatic N) is 2. The van der Waals surface area contributed by atoms with Gasteiger partial charge in [0.1, 0.15) is 28.9 Å². The van der Waals surface area contributed by atoms with Crippen molar-refractivity contribution in [3.63, 3.8) is 0 Å². The molecule has 1 aliphatic heterocycles. The maximum atomic E-state index is 15.2. The average Bonchev–Trinajstić information content (AvgIpc) is 3.24. The molecule has 4 aromatic rings. The highest BCUT2D eigenvalue weighted by molar-refractivity contribution is 6.12. The molecule has 1 amide bonds. The SMILES string of the molecule is COC[C@]1(C)Nc2c(cnc3[nH]cc(C(O)c4ccc(Oc5cc(C)cc(C)n5)cc4F)c23)NC1=O. The molecule has 4 N–H and O–H groups in total. The molecule has 36 heavy (non-hydrogen) atoms. The highest BCUT2D eigenvalue weighted by Gasteiger charge is 2.39. The highest BCUT2D eigenvalue weighted by Crippen LogP contribution is 2.41. The zero-order valence-corrected chi connectivity index (χ0v) is 20.3. The Kier molecular flexibility index (Phi) is 5.85. The number of carbonyl (C=O) groups is 1. The third kappa shape index (κ3) is 4.14. The summed E-state index contributed by atoms with van der Waals surface area (Å²) in [6.07, 6.45) is 1.79. The number of aryl methyl sites for hydroxylation is 2. The molecular formula is C26H26FN5O4. The first-order chi connectivity index (χ1) is 17.2. The molecule has 1 aliphatic rings. The summed E-state index contributed by atoms with van der Waals surface area (Å²) in [5.41, 5.74) is 2.70. The number of ether oxygens (including phenoxy) is 2. The molecule has 0 bridgehead atoms. The van der Waals surface area contributed by atoms with Crippen LogP contribution in [0.15, 0.2) is 42.7 Å². The molecule has 2 atom stereocenters. The Labute approximate surface area is 206 Å². The second kappa shape index (κ2) is 8.89. The predicted octanol–water partition coefficient (Wildman–Crippen LogP) is 4.36. The number of carbonyl (C=O) groups excluding carboxylic acids is 1. The molecule has 0 saturated heterocycles. The molecule has 5 rings (SSSR count). The van der Waals surface area contributed by atoms with Crippen LogP contribution in [0.2, 0.25) is 0 Å². The number of H-pyrrole nitrogens is 1. The number of nitrogens with one attached hydrogen (secondary N) is 3. The minimum atomic E-state index is -1.31. The predicted molar refractivity (Wildman–Crippen MR) is 133 cm³/mol. The van der Waals surface area contributed by atoms with Crippen LogP contribution in [0.3, 0.4) is 0 Å². The van der Waals surface area contributed by atoms with Crippen molar-refractivity contribution in [1.82, 2.24) is 15.0 Å². The second-order valence-electron chi connectivity index (χ2n) is 9.17. The number of rotatable bonds is 6. The number of benzene rings is 1. The number of hydrogen-bond acceptors (Lipinski definition) is 7. The van der Waals surface area contributed by atoms with E-state index in [-0.39, 0.29) is 23.8 Å². The van der Waals surface area contributed by atoms with Crippen molar-refractivity contribution >= 4 is 28.3 Å². The minimum absolute atomic E-state index is 0.0636. The molecule has 1 unspecified atom stereocenters. The lowest BCUT2D eigenvalue weighted by Crippen LogP contribution is -2.53. The van der Waals surface area contributed by atoms with Gasteiger partial charge in [-0.05, 0) is 44.5 Å². The molecule has 10 heteroatoms. The number of aromatic nitrogens is 3. The Morgan fingerprint density at radius 1 is 1.19 bits per heavy atom. The third-order valence-electron chi connectivity index (χ3n) is 6.17. The molecule has 0 aliphatic carbocycles. The van der Waals surface area contributed by atoms with Gasteiger partial charge in [-0.3, -0.25) is 4.79 Å². The van der Waals surface area contributed by atoms with E-state index < -0.39 is 17.5 Å². The number of pyridine rings is 2. The summed E-state index contributed by atoms with van der Waals surface area (Å²) in [4.78, 5) is 24.3. The first-order valence-electron chi connectivity index (χ1n) is 11.4. The van der Waals surface area contributed by atoms with Gasteiger partial charge in [0.25, 0.3) is 5.91 Å². The number of aliphatic hydroxyl groups excluding tert-OH is 1. The van der Waals surface area contributed by atoms with E-state index in [0.717, 1.165) is 11.3 Å². The normalized spacial score (nSPS) is 17.9. The molecule has 0 saturated carbocycles. The topological polar surface area (TPSA) is 121 Å². The van der Waals surface area contributed by atoms with Gasteiger partial charge in [-0.25, -0.2) is 14.4 Å². The van der Waals surface area contributed by atoms with Gasteiger partial charge < -0.3 is 30.2 Å². The van der Waals surface area contributed by atoms with Gasteiger partial charge in [-0.2, -0.15) is 0 Å². The first kappa shape index (κ1) is 23.7. The zero-order valence-electron chi connectivity index (χ0n) is 20.3. The van der Waals surface area contributed by atoms with Crippen LogP contribution < -0.4 is 15.4 Å². The molecule has 186 valence electrons. The van der Waals surface area contributed by atoms with Crippen LogP contribution in [-0.4, -0.2) is 45.2 Å². The maximum absolute atomic E-state index is 15.2. The fourth-order valence-corrected chi connectivity index (χ4v) is 4.48. The minimum Gasteiger partial charge on any atom is -0.439 e. The van der Waals surface area contributed by atoms with Crippen molar-refractivity contribution in [2.75, 3.05) is 24.4 Å². The maximum Gasteiger partial charge on any atom is 0.252 e. The van der Waals surface area contributed by atoms with E-state index in [1.54, 1.807) is 25.3 Å². The van der Waals surface area contributed by atoms with Gasteiger partial charge in [-0.15, -0.1) is 0 Å². The van der Waals surface area contributed by atoms with E-state index >= 15 is 4.39 Å². The fourth-order valence-electron chi connectivity index (χ4n) is 4.48. The quantitative estimate of drug-likeness (QED) is 0.316. The number of amides is 1. The number of anilines is 2. The third-order valence-corrected chi connectivity index (χ3v) is 6.17. The Bertz CT molecular complexity index is 1470. The van der Waals surface area contributed by atoms with Crippen molar-refractivity contribution in [2.45, 2.75) is 32.4 Å². The molecule has 4 heterocycles. The van der Waals surface area contributed by atoms with Crippen LogP contribution in [0.1, 0.15) is 35.4 Å². The second-order valence-corrected chi connectivity index (χ2v) is 9.17. The van der Waals surface area contributed by atoms with E-state index in [4.69, 9.17) is 9.47 Å². The number of aliphatic hydroxyl groups is 1. The van der Waals surface area contributed by atoms with Crippen LogP contribution in [0.4, 0.5) is 15.8 Å². The summed E-state index contributed by atoms with van der Waals surface area (Å²) in [6.45, 7) is 5.61. The van der Waals surface area contributed by atoms with Crippen LogP contribution in [0.5, 0.6) is 11.6 Å². The van der Waals surface area contributed by atoms with Gasteiger partial charge in [-0.1, -0.05) is 0 Å². The number of fused-ring (bicyclic) bond motifs is 3. The number of methoxy groups -OCH3 is 1. The molecule has 3 aromatic heterocycles. The standard InChI is InChI=1S/C26H26FN5O4/c1-13-7-14(2)30-20(8-13)36-15-5-6-16(18(27)9-15)23(33)17-10-28-24-21(17)22-19(11-29-24)31-25(34)26(3,32-22)12-35-4/h5-11,23,32-33H,12H2,1-4H3,(H,28,29)(H,31,34)/t23?,26-/m0/s1. The number of hydrogen-bond donors (Lipinski definition) is 4. The molecule has 1 aromatic carbocycles. The van der Waals surface area contributed by atoms with E-state index in [1.807, 2.05) is 19.9 Å². The molecular weight excluding hydrogens is 465 g/mol. The summed E-state index contributed by atoms with van der Waals surface area (Å²) in [5, 5.41) is 17.8. The molecule has 0 spiro atoms. The Morgan fingerprint density at radius 2 is 2.00 bits per heavy atom. The Hall–Kier alpha value is -4.02. The summed E-state index contributed by atoms with van der Waals surface area (Å²) in [6, 6.07) is 7.95. The fraction of sp³-hybridized carbons (Fsp3) is 0.269. The lowest BCUT2D eigenvalue weighted by atomic mass is 9.95. The van der Waals surface area contributed by atoms with Crippen LogP contribution in [-0.2, 0) is 9.53 Å². The van der Waals surface area contributed by atoms with Gasteiger partial charge in [0.2, 0.25) is 5.88 Å². The molecule has 0 fully saturated rings. The van der Waals surface area contributed by atoms with Gasteiger partial charge in [0, 0.05) is 42.3 Å². The first-order valence-corrected chi connectivity index (χ1v) is 11.4. The van der Waals surface area contributed by atoms with E-state index in [2.05, 4.69) is 25.6 Å². The van der Waals surface area contributed by atoms with Crippen molar-refractivity contribution < 1.29 is 23.8 Å². The summed E-state index contributed by atoms with van der Waals surface area (Å²) in [5.74, 6) is -0.280. The van der Waals surface area contributed by atoms with E-state index in [1.165, 1.54) is 25.4 Å². The van der Waals surface area contributed by atoms with Crippen LogP contribution in [0, 0.1) is 19.7 Å². The van der Waals surface area contributed by atoms with Crippen molar-refractivity contribution in [1.29, 1.82) is 0 Å².